The Morgan fingerprint density at radius 3 is 2.00 bits per heavy atom. The number of rotatable bonds is 13. The number of nitrogens with zero attached hydrogens (tertiary/aromatic N) is 1. The maximum absolute atomic E-state index is 15.5. The molecule has 4 aromatic rings. The van der Waals surface area contributed by atoms with Crippen LogP contribution >= 0.6 is 0 Å². The predicted octanol–water partition coefficient (Wildman–Crippen LogP) is 7.88. The van der Waals surface area contributed by atoms with Crippen molar-refractivity contribution in [2.75, 3.05) is 37.9 Å². The summed E-state index contributed by atoms with van der Waals surface area (Å²) in [5, 5.41) is 0. The van der Waals surface area contributed by atoms with E-state index in [9.17, 15) is 0 Å². The van der Waals surface area contributed by atoms with E-state index in [2.05, 4.69) is 50.2 Å². The Morgan fingerprint density at radius 2 is 1.34 bits per heavy atom. The molecule has 228 valence electrons. The Labute approximate surface area is 260 Å². The van der Waals surface area contributed by atoms with Gasteiger partial charge in [0.15, 0.2) is 11.5 Å². The average Bonchev–Trinajstić information content (AvgIpc) is 3.32. The van der Waals surface area contributed by atoms with Crippen LogP contribution in [-0.4, -0.2) is 38.9 Å². The van der Waals surface area contributed by atoms with Gasteiger partial charge in [-0.3, -0.25) is 9.69 Å². The number of benzene rings is 4. The van der Waals surface area contributed by atoms with E-state index in [1.54, 1.807) is 0 Å². The fourth-order valence-corrected chi connectivity index (χ4v) is 6.29. The molecule has 2 aliphatic rings. The number of hydrogen-bond acceptors (Lipinski definition) is 5. The van der Waals surface area contributed by atoms with E-state index in [1.165, 1.54) is 0 Å². The molecule has 4 aromatic carbocycles. The monoisotopic (exact) mass is 591 g/mol. The minimum Gasteiger partial charge on any atom is -0.493 e. The Morgan fingerprint density at radius 1 is 0.750 bits per heavy atom. The normalized spacial score (nSPS) is 17.2. The van der Waals surface area contributed by atoms with Gasteiger partial charge in [0.2, 0.25) is 5.91 Å². The van der Waals surface area contributed by atoms with Gasteiger partial charge in [-0.05, 0) is 41.7 Å². The number of anilines is 1. The number of unbranched alkanes of at least 4 members (excludes halogenated alkanes) is 2. The standard InChI is InChI=1S/C38H41NO5/c1-3-5-21-41-27-38(31-25-34-35(44-24-23-43-34)26-33(31)42-22-6-4-2)30-19-13-14-20-32(30)39(37(38)40)36(28-15-9-7-10-16-28)29-17-11-8-12-18-29/h7-20,25-26,36H,3-6,21-24,27H2,1-2H3/t38-/m0/s1. The van der Waals surface area contributed by atoms with E-state index in [1.807, 2.05) is 65.6 Å². The zero-order valence-corrected chi connectivity index (χ0v) is 25.7. The molecule has 0 unspecified atom stereocenters. The molecular formula is C38H41NO5. The van der Waals surface area contributed by atoms with Crippen molar-refractivity contribution in [1.82, 2.24) is 0 Å². The van der Waals surface area contributed by atoms with Crippen LogP contribution in [0.2, 0.25) is 0 Å². The molecule has 0 bridgehead atoms. The van der Waals surface area contributed by atoms with Crippen molar-refractivity contribution in [3.05, 3.63) is 119 Å². The molecule has 1 atom stereocenters. The van der Waals surface area contributed by atoms with Gasteiger partial charge in [-0.25, -0.2) is 0 Å². The largest absolute Gasteiger partial charge is 0.493 e. The van der Waals surface area contributed by atoms with Gasteiger partial charge in [0.1, 0.15) is 24.4 Å². The smallest absolute Gasteiger partial charge is 0.245 e. The number of hydrogen-bond donors (Lipinski definition) is 0. The van der Waals surface area contributed by atoms with Crippen molar-refractivity contribution in [3.8, 4) is 17.2 Å². The Hall–Kier alpha value is -4.29. The van der Waals surface area contributed by atoms with Gasteiger partial charge in [-0.15, -0.1) is 0 Å². The van der Waals surface area contributed by atoms with Crippen molar-refractivity contribution in [2.45, 2.75) is 51.0 Å². The van der Waals surface area contributed by atoms with Gasteiger partial charge >= 0.3 is 0 Å². The highest BCUT2D eigenvalue weighted by Crippen LogP contribution is 2.54. The second-order valence-corrected chi connectivity index (χ2v) is 11.4. The molecule has 0 saturated carbocycles. The number of amides is 1. The summed E-state index contributed by atoms with van der Waals surface area (Å²) in [5.41, 5.74) is 3.41. The number of para-hydroxylation sites is 1. The van der Waals surface area contributed by atoms with Crippen LogP contribution in [-0.2, 0) is 14.9 Å². The molecule has 0 fully saturated rings. The van der Waals surface area contributed by atoms with E-state index >= 15 is 4.79 Å². The second kappa shape index (κ2) is 13.6. The first-order chi connectivity index (χ1) is 21.7. The SMILES string of the molecule is CCCCOC[C@]1(c2cc3c(cc2OCCCC)OCCO3)C(=O)N(C(c2ccccc2)c2ccccc2)c2ccccc21. The highest BCUT2D eigenvalue weighted by atomic mass is 16.6. The third-order valence-corrected chi connectivity index (χ3v) is 8.52. The fourth-order valence-electron chi connectivity index (χ4n) is 6.29. The first-order valence-corrected chi connectivity index (χ1v) is 15.9. The molecule has 0 aliphatic carbocycles. The van der Waals surface area contributed by atoms with E-state index in [-0.39, 0.29) is 18.6 Å². The van der Waals surface area contributed by atoms with Crippen LogP contribution in [0, 0.1) is 0 Å². The van der Waals surface area contributed by atoms with Gasteiger partial charge in [0, 0.05) is 23.9 Å². The summed E-state index contributed by atoms with van der Waals surface area (Å²) in [5.74, 6) is 1.83. The van der Waals surface area contributed by atoms with E-state index < -0.39 is 5.41 Å². The quantitative estimate of drug-likeness (QED) is 0.148. The van der Waals surface area contributed by atoms with E-state index in [0.29, 0.717) is 43.7 Å². The maximum Gasteiger partial charge on any atom is 0.245 e. The lowest BCUT2D eigenvalue weighted by atomic mass is 9.75. The van der Waals surface area contributed by atoms with Crippen molar-refractivity contribution < 1.29 is 23.7 Å². The average molecular weight is 592 g/mol. The molecule has 6 rings (SSSR count). The molecule has 6 heteroatoms. The lowest BCUT2D eigenvalue weighted by Gasteiger charge is -2.34. The van der Waals surface area contributed by atoms with Crippen molar-refractivity contribution in [2.24, 2.45) is 0 Å². The Kier molecular flexibility index (Phi) is 9.17. The van der Waals surface area contributed by atoms with Crippen LogP contribution in [0.15, 0.2) is 97.1 Å². The van der Waals surface area contributed by atoms with Crippen LogP contribution in [0.3, 0.4) is 0 Å². The van der Waals surface area contributed by atoms with Crippen LogP contribution < -0.4 is 19.1 Å². The summed E-state index contributed by atoms with van der Waals surface area (Å²) in [6.45, 7) is 6.47. The zero-order chi connectivity index (χ0) is 30.4. The summed E-state index contributed by atoms with van der Waals surface area (Å²) in [6, 6.07) is 32.1. The van der Waals surface area contributed by atoms with Gasteiger partial charge in [-0.1, -0.05) is 106 Å². The molecule has 44 heavy (non-hydrogen) atoms. The number of fused-ring (bicyclic) bond motifs is 2. The van der Waals surface area contributed by atoms with Crippen LogP contribution in [0.5, 0.6) is 17.2 Å². The van der Waals surface area contributed by atoms with Crippen molar-refractivity contribution >= 4 is 11.6 Å². The molecule has 0 aromatic heterocycles. The third-order valence-electron chi connectivity index (χ3n) is 8.52. The number of ether oxygens (including phenoxy) is 4. The minimum atomic E-state index is -1.16. The predicted molar refractivity (Wildman–Crippen MR) is 173 cm³/mol. The van der Waals surface area contributed by atoms with Crippen LogP contribution in [0.25, 0.3) is 0 Å². The lowest BCUT2D eigenvalue weighted by Crippen LogP contribution is -2.46. The maximum atomic E-state index is 15.5. The Bertz CT molecular complexity index is 1520. The highest BCUT2D eigenvalue weighted by molar-refractivity contribution is 6.12. The fraction of sp³-hybridized carbons (Fsp3) is 0.342. The molecule has 0 N–H and O–H groups in total. The summed E-state index contributed by atoms with van der Waals surface area (Å²) in [6.07, 6.45) is 3.81. The zero-order valence-electron chi connectivity index (χ0n) is 25.7. The van der Waals surface area contributed by atoms with Gasteiger partial charge in [-0.2, -0.15) is 0 Å². The lowest BCUT2D eigenvalue weighted by molar-refractivity contribution is -0.124. The van der Waals surface area contributed by atoms with Gasteiger partial charge in [0.25, 0.3) is 0 Å². The van der Waals surface area contributed by atoms with Crippen molar-refractivity contribution in [3.63, 3.8) is 0 Å². The first kappa shape index (κ1) is 29.8. The first-order valence-electron chi connectivity index (χ1n) is 15.9. The van der Waals surface area contributed by atoms with Gasteiger partial charge in [0.05, 0.1) is 19.3 Å². The summed E-state index contributed by atoms with van der Waals surface area (Å²) in [4.78, 5) is 17.5. The molecular weight excluding hydrogens is 550 g/mol. The number of carbonyl (C=O) groups excluding carboxylic acids is 1. The van der Waals surface area contributed by atoms with Crippen LogP contribution in [0.4, 0.5) is 5.69 Å². The van der Waals surface area contributed by atoms with E-state index in [4.69, 9.17) is 18.9 Å². The van der Waals surface area contributed by atoms with Crippen molar-refractivity contribution in [1.29, 1.82) is 0 Å². The molecule has 0 radical (unpaired) electrons. The van der Waals surface area contributed by atoms with Gasteiger partial charge < -0.3 is 18.9 Å². The molecule has 2 heterocycles. The molecule has 2 aliphatic heterocycles. The van der Waals surface area contributed by atoms with Crippen LogP contribution in [0.1, 0.15) is 67.8 Å². The molecule has 6 nitrogen and oxygen atoms in total. The molecule has 0 saturated heterocycles. The molecule has 0 spiro atoms. The number of carbonyl (C=O) groups is 1. The summed E-state index contributed by atoms with van der Waals surface area (Å²) in [7, 11) is 0. The summed E-state index contributed by atoms with van der Waals surface area (Å²) < 4.78 is 25.0. The minimum absolute atomic E-state index is 0.0510. The summed E-state index contributed by atoms with van der Waals surface area (Å²) >= 11 is 0. The van der Waals surface area contributed by atoms with E-state index in [0.717, 1.165) is 53.6 Å². The highest BCUT2D eigenvalue weighted by Gasteiger charge is 2.56. The molecule has 1 amide bonds. The topological polar surface area (TPSA) is 57.2 Å². The third kappa shape index (κ3) is 5.55. The Balaban J connectivity index is 1.58. The second-order valence-electron chi connectivity index (χ2n) is 11.4.